The Balaban J connectivity index is 2.30. The smallest absolute Gasteiger partial charge is 0.178 e. The van der Waals surface area contributed by atoms with Gasteiger partial charge < -0.3 is 9.55 Å². The van der Waals surface area contributed by atoms with Crippen LogP contribution in [0.2, 0.25) is 0 Å². The number of imidazole rings is 1. The van der Waals surface area contributed by atoms with Crippen molar-refractivity contribution in [3.8, 4) is 0 Å². The molecule has 2 heterocycles. The molecule has 0 aromatic carbocycles. The van der Waals surface area contributed by atoms with Gasteiger partial charge in [0.25, 0.3) is 0 Å². The highest BCUT2D eigenvalue weighted by atomic mass is 32.1. The molecule has 84 valence electrons. The first kappa shape index (κ1) is 10.0. The second kappa shape index (κ2) is 3.42. The van der Waals surface area contributed by atoms with E-state index in [2.05, 4.69) is 27.5 Å². The Labute approximate surface area is 99.5 Å². The molecule has 0 spiro atoms. The highest BCUT2D eigenvalue weighted by molar-refractivity contribution is 7.71. The summed E-state index contributed by atoms with van der Waals surface area (Å²) < 4.78 is 3.15. The van der Waals surface area contributed by atoms with Crippen LogP contribution in [0.15, 0.2) is 18.5 Å². The van der Waals surface area contributed by atoms with E-state index in [1.165, 1.54) is 24.8 Å². The van der Waals surface area contributed by atoms with Gasteiger partial charge in [0.1, 0.15) is 0 Å². The molecule has 0 unspecified atom stereocenters. The minimum atomic E-state index is 0.261. The lowest BCUT2D eigenvalue weighted by Crippen LogP contribution is -2.39. The Morgan fingerprint density at radius 1 is 1.56 bits per heavy atom. The van der Waals surface area contributed by atoms with Gasteiger partial charge in [-0.3, -0.25) is 4.98 Å². The molecular weight excluding hydrogens is 218 g/mol. The molecule has 0 aliphatic heterocycles. The Bertz CT molecular complexity index is 572. The van der Waals surface area contributed by atoms with Gasteiger partial charge in [-0.1, -0.05) is 6.92 Å². The summed E-state index contributed by atoms with van der Waals surface area (Å²) in [5, 5.41) is 0. The molecule has 2 aromatic heterocycles. The van der Waals surface area contributed by atoms with E-state index in [1.807, 2.05) is 12.4 Å². The van der Waals surface area contributed by atoms with E-state index in [4.69, 9.17) is 12.2 Å². The molecule has 16 heavy (non-hydrogen) atoms. The van der Waals surface area contributed by atoms with Crippen LogP contribution in [0, 0.1) is 4.77 Å². The third-order valence-corrected chi connectivity index (χ3v) is 4.19. The maximum Gasteiger partial charge on any atom is 0.178 e. The number of H-pyrrole nitrogens is 1. The van der Waals surface area contributed by atoms with Crippen molar-refractivity contribution in [2.75, 3.05) is 0 Å². The number of pyridine rings is 1. The van der Waals surface area contributed by atoms with Crippen molar-refractivity contribution in [3.63, 3.8) is 0 Å². The number of aromatic amines is 1. The van der Waals surface area contributed by atoms with Crippen molar-refractivity contribution in [3.05, 3.63) is 23.2 Å². The molecule has 1 aliphatic rings. The average molecular weight is 233 g/mol. The largest absolute Gasteiger partial charge is 0.329 e. The van der Waals surface area contributed by atoms with Crippen LogP contribution in [0.1, 0.15) is 32.6 Å². The quantitative estimate of drug-likeness (QED) is 0.807. The predicted octanol–water partition coefficient (Wildman–Crippen LogP) is 3.38. The van der Waals surface area contributed by atoms with Gasteiger partial charge in [0, 0.05) is 11.7 Å². The lowest BCUT2D eigenvalue weighted by molar-refractivity contribution is 0.140. The molecule has 2 aromatic rings. The number of nitrogens with zero attached hydrogens (tertiary/aromatic N) is 2. The Morgan fingerprint density at radius 2 is 2.38 bits per heavy atom. The summed E-state index contributed by atoms with van der Waals surface area (Å²) in [5.74, 6) is 0. The summed E-state index contributed by atoms with van der Waals surface area (Å²) in [6, 6.07) is 2.05. The van der Waals surface area contributed by atoms with E-state index in [-0.39, 0.29) is 5.54 Å². The predicted molar refractivity (Wildman–Crippen MR) is 67.0 cm³/mol. The summed E-state index contributed by atoms with van der Waals surface area (Å²) in [6.45, 7) is 2.25. The minimum absolute atomic E-state index is 0.261. The van der Waals surface area contributed by atoms with Crippen LogP contribution in [0.4, 0.5) is 0 Å². The van der Waals surface area contributed by atoms with Crippen LogP contribution < -0.4 is 0 Å². The van der Waals surface area contributed by atoms with Crippen molar-refractivity contribution < 1.29 is 0 Å². The van der Waals surface area contributed by atoms with E-state index >= 15 is 0 Å². The fraction of sp³-hybridized carbons (Fsp3) is 0.500. The second-order valence-electron chi connectivity index (χ2n) is 4.59. The van der Waals surface area contributed by atoms with Gasteiger partial charge in [-0.05, 0) is 44.0 Å². The van der Waals surface area contributed by atoms with Crippen LogP contribution in [-0.4, -0.2) is 14.5 Å². The first-order chi connectivity index (χ1) is 7.77. The highest BCUT2D eigenvalue weighted by Gasteiger charge is 2.38. The van der Waals surface area contributed by atoms with Crippen molar-refractivity contribution in [1.29, 1.82) is 0 Å². The van der Waals surface area contributed by atoms with E-state index < -0.39 is 0 Å². The second-order valence-corrected chi connectivity index (χ2v) is 4.98. The molecule has 1 fully saturated rings. The number of aromatic nitrogens is 3. The van der Waals surface area contributed by atoms with Crippen LogP contribution >= 0.6 is 12.2 Å². The van der Waals surface area contributed by atoms with Crippen molar-refractivity contribution in [2.24, 2.45) is 0 Å². The lowest BCUT2D eigenvalue weighted by Gasteiger charge is -2.43. The highest BCUT2D eigenvalue weighted by Crippen LogP contribution is 2.43. The molecule has 4 heteroatoms. The molecular formula is C12H15N3S. The Kier molecular flexibility index (Phi) is 2.14. The molecule has 3 rings (SSSR count). The maximum absolute atomic E-state index is 5.45. The summed E-state index contributed by atoms with van der Waals surface area (Å²) in [7, 11) is 0. The molecule has 0 bridgehead atoms. The molecule has 1 N–H and O–H groups in total. The third-order valence-electron chi connectivity index (χ3n) is 3.90. The molecule has 1 saturated carbocycles. The molecule has 0 saturated heterocycles. The summed E-state index contributed by atoms with van der Waals surface area (Å²) in [4.78, 5) is 7.38. The first-order valence-corrected chi connectivity index (χ1v) is 6.23. The topological polar surface area (TPSA) is 33.6 Å². The normalized spacial score (nSPS) is 18.6. The van der Waals surface area contributed by atoms with Gasteiger partial charge in [-0.15, -0.1) is 0 Å². The SMILES string of the molecule is CCC1(n2c(=S)[nH]c3cnccc32)CCC1. The molecule has 0 radical (unpaired) electrons. The van der Waals surface area contributed by atoms with Gasteiger partial charge in [-0.25, -0.2) is 0 Å². The van der Waals surface area contributed by atoms with Crippen LogP contribution in [0.3, 0.4) is 0 Å². The Hall–Kier alpha value is -1.16. The standard InChI is InChI=1S/C12H15N3S/c1-2-12(5-3-6-12)15-10-4-7-13-8-9(10)14-11(15)16/h4,7-8H,2-3,5-6H2,1H3,(H,14,16). The Morgan fingerprint density at radius 3 is 3.00 bits per heavy atom. The molecule has 0 amide bonds. The van der Waals surface area contributed by atoms with Gasteiger partial charge in [-0.2, -0.15) is 0 Å². The van der Waals surface area contributed by atoms with Gasteiger partial charge in [0.05, 0.1) is 17.2 Å². The van der Waals surface area contributed by atoms with E-state index in [0.29, 0.717) is 0 Å². The number of hydrogen-bond donors (Lipinski definition) is 1. The van der Waals surface area contributed by atoms with Gasteiger partial charge in [0.15, 0.2) is 4.77 Å². The fourth-order valence-corrected chi connectivity index (χ4v) is 3.15. The zero-order chi connectivity index (χ0) is 11.2. The van der Waals surface area contributed by atoms with Crippen molar-refractivity contribution in [2.45, 2.75) is 38.1 Å². The lowest BCUT2D eigenvalue weighted by atomic mass is 9.74. The third kappa shape index (κ3) is 1.19. The van der Waals surface area contributed by atoms with Crippen molar-refractivity contribution in [1.82, 2.24) is 14.5 Å². The maximum atomic E-state index is 5.45. The molecule has 0 atom stereocenters. The van der Waals surface area contributed by atoms with E-state index in [9.17, 15) is 0 Å². The number of fused-ring (bicyclic) bond motifs is 1. The average Bonchev–Trinajstić information content (AvgIpc) is 2.56. The van der Waals surface area contributed by atoms with Gasteiger partial charge in [0.2, 0.25) is 0 Å². The van der Waals surface area contributed by atoms with E-state index in [1.54, 1.807) is 0 Å². The van der Waals surface area contributed by atoms with Crippen LogP contribution in [-0.2, 0) is 5.54 Å². The monoisotopic (exact) mass is 233 g/mol. The molecule has 3 nitrogen and oxygen atoms in total. The van der Waals surface area contributed by atoms with Crippen LogP contribution in [0.5, 0.6) is 0 Å². The first-order valence-electron chi connectivity index (χ1n) is 5.82. The number of rotatable bonds is 2. The minimum Gasteiger partial charge on any atom is -0.329 e. The molecule has 1 aliphatic carbocycles. The number of hydrogen-bond acceptors (Lipinski definition) is 2. The summed E-state index contributed by atoms with van der Waals surface area (Å²) >= 11 is 5.45. The zero-order valence-corrected chi connectivity index (χ0v) is 10.2. The fourth-order valence-electron chi connectivity index (χ4n) is 2.75. The van der Waals surface area contributed by atoms with Gasteiger partial charge >= 0.3 is 0 Å². The summed E-state index contributed by atoms with van der Waals surface area (Å²) in [5.41, 5.74) is 2.50. The zero-order valence-electron chi connectivity index (χ0n) is 9.36. The number of nitrogens with one attached hydrogen (secondary N) is 1. The van der Waals surface area contributed by atoms with Crippen molar-refractivity contribution >= 4 is 23.3 Å². The van der Waals surface area contributed by atoms with E-state index in [0.717, 1.165) is 16.7 Å². The summed E-state index contributed by atoms with van der Waals surface area (Å²) in [6.07, 6.45) is 8.64. The van der Waals surface area contributed by atoms with Crippen LogP contribution in [0.25, 0.3) is 11.0 Å².